The highest BCUT2D eigenvalue weighted by Gasteiger charge is 2.14. The zero-order chi connectivity index (χ0) is 17.6. The van der Waals surface area contributed by atoms with Gasteiger partial charge in [0.05, 0.1) is 6.20 Å². The first-order valence-corrected chi connectivity index (χ1v) is 8.99. The third-order valence-electron chi connectivity index (χ3n) is 4.67. The normalized spacial score (nSPS) is 15.4. The van der Waals surface area contributed by atoms with E-state index in [1.54, 1.807) is 0 Å². The fourth-order valence-electron chi connectivity index (χ4n) is 3.16. The molecule has 134 valence electrons. The molecule has 1 aliphatic rings. The highest BCUT2D eigenvalue weighted by Crippen LogP contribution is 2.23. The van der Waals surface area contributed by atoms with Crippen molar-refractivity contribution in [2.45, 2.75) is 45.7 Å². The van der Waals surface area contributed by atoms with Gasteiger partial charge in [0, 0.05) is 54.7 Å². The molecule has 1 amide bonds. The van der Waals surface area contributed by atoms with E-state index >= 15 is 0 Å². The van der Waals surface area contributed by atoms with Gasteiger partial charge in [0.2, 0.25) is 5.91 Å². The van der Waals surface area contributed by atoms with Gasteiger partial charge in [-0.15, -0.1) is 0 Å². The Kier molecular flexibility index (Phi) is 5.71. The zero-order valence-corrected chi connectivity index (χ0v) is 15.0. The second-order valence-electron chi connectivity index (χ2n) is 6.80. The standard InChI is InChI=1S/C19H27N5O/c1-14(20-12-16-13-21-23-15(16)2)10-19(25)22-17-6-5-7-18(11-17)24-8-3-4-9-24/h5-7,11,13-14,20H,3-4,8-10,12H2,1-2H3,(H,21,23)(H,22,25). The molecule has 6 heteroatoms. The third-order valence-corrected chi connectivity index (χ3v) is 4.67. The number of aromatic amines is 1. The third kappa shape index (κ3) is 4.82. The van der Waals surface area contributed by atoms with E-state index in [2.05, 4.69) is 37.9 Å². The van der Waals surface area contributed by atoms with Crippen LogP contribution in [0.5, 0.6) is 0 Å². The summed E-state index contributed by atoms with van der Waals surface area (Å²) in [6.07, 6.45) is 4.75. The Morgan fingerprint density at radius 1 is 1.36 bits per heavy atom. The highest BCUT2D eigenvalue weighted by atomic mass is 16.1. The van der Waals surface area contributed by atoms with E-state index in [0.717, 1.165) is 30.0 Å². The van der Waals surface area contributed by atoms with Gasteiger partial charge < -0.3 is 15.5 Å². The largest absolute Gasteiger partial charge is 0.371 e. The molecule has 2 heterocycles. The number of aromatic nitrogens is 2. The number of rotatable bonds is 7. The maximum Gasteiger partial charge on any atom is 0.225 e. The van der Waals surface area contributed by atoms with Gasteiger partial charge >= 0.3 is 0 Å². The van der Waals surface area contributed by atoms with Crippen LogP contribution in [0.25, 0.3) is 0 Å². The van der Waals surface area contributed by atoms with Crippen LogP contribution in [0.1, 0.15) is 37.4 Å². The maximum absolute atomic E-state index is 12.3. The van der Waals surface area contributed by atoms with Crippen LogP contribution in [0, 0.1) is 6.92 Å². The van der Waals surface area contributed by atoms with E-state index in [1.807, 2.05) is 32.2 Å². The number of anilines is 2. The van der Waals surface area contributed by atoms with Crippen LogP contribution >= 0.6 is 0 Å². The van der Waals surface area contributed by atoms with Gasteiger partial charge in [0.25, 0.3) is 0 Å². The van der Waals surface area contributed by atoms with E-state index in [-0.39, 0.29) is 11.9 Å². The molecular weight excluding hydrogens is 314 g/mol. The number of carbonyl (C=O) groups excluding carboxylic acids is 1. The van der Waals surface area contributed by atoms with Gasteiger partial charge in [-0.2, -0.15) is 5.10 Å². The van der Waals surface area contributed by atoms with Crippen molar-refractivity contribution in [3.63, 3.8) is 0 Å². The average Bonchev–Trinajstić information content (AvgIpc) is 3.25. The van der Waals surface area contributed by atoms with E-state index in [1.165, 1.54) is 18.5 Å². The predicted octanol–water partition coefficient (Wildman–Crippen LogP) is 2.83. The van der Waals surface area contributed by atoms with Crippen molar-refractivity contribution in [1.82, 2.24) is 15.5 Å². The molecular formula is C19H27N5O. The average molecular weight is 341 g/mol. The van der Waals surface area contributed by atoms with Gasteiger partial charge in [0.1, 0.15) is 0 Å². The van der Waals surface area contributed by atoms with Crippen LogP contribution in [-0.2, 0) is 11.3 Å². The van der Waals surface area contributed by atoms with Crippen molar-refractivity contribution in [3.05, 3.63) is 41.7 Å². The van der Waals surface area contributed by atoms with Crippen LogP contribution in [0.15, 0.2) is 30.5 Å². The topological polar surface area (TPSA) is 73.0 Å². The van der Waals surface area contributed by atoms with Crippen LogP contribution in [0.4, 0.5) is 11.4 Å². The molecule has 1 unspecified atom stereocenters. The number of aryl methyl sites for hydroxylation is 1. The summed E-state index contributed by atoms with van der Waals surface area (Å²) >= 11 is 0. The fraction of sp³-hybridized carbons (Fsp3) is 0.474. The Labute approximate surface area is 149 Å². The van der Waals surface area contributed by atoms with Crippen LogP contribution in [-0.4, -0.2) is 35.2 Å². The highest BCUT2D eigenvalue weighted by molar-refractivity contribution is 5.91. The van der Waals surface area contributed by atoms with E-state index in [0.29, 0.717) is 13.0 Å². The minimum atomic E-state index is 0.0301. The number of nitrogens with one attached hydrogen (secondary N) is 3. The summed E-state index contributed by atoms with van der Waals surface area (Å²) in [5.41, 5.74) is 4.25. The smallest absolute Gasteiger partial charge is 0.225 e. The van der Waals surface area contributed by atoms with Crippen molar-refractivity contribution in [2.75, 3.05) is 23.3 Å². The van der Waals surface area contributed by atoms with E-state index in [4.69, 9.17) is 0 Å². The summed E-state index contributed by atoms with van der Waals surface area (Å²) in [6, 6.07) is 8.22. The molecule has 0 spiro atoms. The summed E-state index contributed by atoms with van der Waals surface area (Å²) in [6.45, 7) is 6.93. The molecule has 3 rings (SSSR count). The first-order valence-electron chi connectivity index (χ1n) is 8.99. The van der Waals surface area contributed by atoms with Gasteiger partial charge in [0.15, 0.2) is 0 Å². The van der Waals surface area contributed by atoms with Crippen molar-refractivity contribution < 1.29 is 4.79 Å². The molecule has 0 saturated carbocycles. The fourth-order valence-corrected chi connectivity index (χ4v) is 3.16. The van der Waals surface area contributed by atoms with Crippen LogP contribution < -0.4 is 15.5 Å². The first-order chi connectivity index (χ1) is 12.1. The first kappa shape index (κ1) is 17.5. The molecule has 0 radical (unpaired) electrons. The molecule has 1 fully saturated rings. The summed E-state index contributed by atoms with van der Waals surface area (Å²) in [4.78, 5) is 14.7. The van der Waals surface area contributed by atoms with Gasteiger partial charge in [-0.05, 0) is 44.9 Å². The molecule has 1 atom stereocenters. The maximum atomic E-state index is 12.3. The lowest BCUT2D eigenvalue weighted by atomic mass is 10.2. The monoisotopic (exact) mass is 341 g/mol. The minimum Gasteiger partial charge on any atom is -0.371 e. The Morgan fingerprint density at radius 3 is 2.88 bits per heavy atom. The molecule has 3 N–H and O–H groups in total. The number of carbonyl (C=O) groups is 1. The molecule has 0 aliphatic carbocycles. The Bertz CT molecular complexity index is 705. The van der Waals surface area contributed by atoms with Gasteiger partial charge in [-0.25, -0.2) is 0 Å². The van der Waals surface area contributed by atoms with E-state index in [9.17, 15) is 4.79 Å². The molecule has 1 aliphatic heterocycles. The number of benzene rings is 1. The van der Waals surface area contributed by atoms with Crippen LogP contribution in [0.2, 0.25) is 0 Å². The second-order valence-corrected chi connectivity index (χ2v) is 6.80. The zero-order valence-electron chi connectivity index (χ0n) is 15.0. The lowest BCUT2D eigenvalue weighted by molar-refractivity contribution is -0.116. The Balaban J connectivity index is 1.48. The predicted molar refractivity (Wildman–Crippen MR) is 101 cm³/mol. The van der Waals surface area contributed by atoms with Crippen molar-refractivity contribution in [3.8, 4) is 0 Å². The molecule has 6 nitrogen and oxygen atoms in total. The van der Waals surface area contributed by atoms with Crippen molar-refractivity contribution >= 4 is 17.3 Å². The minimum absolute atomic E-state index is 0.0301. The molecule has 1 saturated heterocycles. The number of H-pyrrole nitrogens is 1. The number of amides is 1. The molecule has 1 aromatic carbocycles. The molecule has 2 aromatic rings. The summed E-state index contributed by atoms with van der Waals surface area (Å²) in [7, 11) is 0. The second kappa shape index (κ2) is 8.16. The molecule has 25 heavy (non-hydrogen) atoms. The lowest BCUT2D eigenvalue weighted by Gasteiger charge is -2.19. The number of hydrogen-bond donors (Lipinski definition) is 3. The van der Waals surface area contributed by atoms with Crippen molar-refractivity contribution in [2.24, 2.45) is 0 Å². The summed E-state index contributed by atoms with van der Waals surface area (Å²) < 4.78 is 0. The van der Waals surface area contributed by atoms with E-state index < -0.39 is 0 Å². The SMILES string of the molecule is Cc1[nH]ncc1CNC(C)CC(=O)Nc1cccc(N2CCCC2)c1. The van der Waals surface area contributed by atoms with Crippen LogP contribution in [0.3, 0.4) is 0 Å². The molecule has 0 bridgehead atoms. The lowest BCUT2D eigenvalue weighted by Crippen LogP contribution is -2.30. The molecule has 1 aromatic heterocycles. The number of hydrogen-bond acceptors (Lipinski definition) is 4. The number of nitrogens with zero attached hydrogens (tertiary/aromatic N) is 2. The quantitative estimate of drug-likeness (QED) is 0.724. The summed E-state index contributed by atoms with van der Waals surface area (Å²) in [5.74, 6) is 0.0301. The Morgan fingerprint density at radius 2 is 2.16 bits per heavy atom. The Hall–Kier alpha value is -2.34. The summed E-state index contributed by atoms with van der Waals surface area (Å²) in [5, 5.41) is 13.3. The van der Waals surface area contributed by atoms with Gasteiger partial charge in [-0.1, -0.05) is 6.07 Å². The van der Waals surface area contributed by atoms with Gasteiger partial charge in [-0.3, -0.25) is 9.89 Å². The van der Waals surface area contributed by atoms with Crippen molar-refractivity contribution in [1.29, 1.82) is 0 Å².